The predicted molar refractivity (Wildman–Crippen MR) is 80.6 cm³/mol. The monoisotopic (exact) mass is 244 g/mol. The molecule has 2 rings (SSSR count). The van der Waals surface area contributed by atoms with Crippen LogP contribution in [0.1, 0.15) is 83.1 Å². The molecule has 0 heterocycles. The van der Waals surface area contributed by atoms with Gasteiger partial charge in [-0.2, -0.15) is 0 Å². The lowest BCUT2D eigenvalue weighted by Gasteiger charge is -2.27. The van der Waals surface area contributed by atoms with E-state index in [0.29, 0.717) is 11.3 Å². The highest BCUT2D eigenvalue weighted by Gasteiger charge is 2.34. The summed E-state index contributed by atoms with van der Waals surface area (Å²) < 4.78 is 0. The molecule has 18 heavy (non-hydrogen) atoms. The molecule has 0 saturated heterocycles. The molecule has 0 saturated carbocycles. The first-order valence-electron chi connectivity index (χ1n) is 7.31. The van der Waals surface area contributed by atoms with Gasteiger partial charge in [-0.3, -0.25) is 0 Å². The minimum Gasteiger partial charge on any atom is -0.0587 e. The fourth-order valence-corrected chi connectivity index (χ4v) is 3.14. The number of benzene rings is 1. The smallest absolute Gasteiger partial charge is 0.00975 e. The summed E-state index contributed by atoms with van der Waals surface area (Å²) in [4.78, 5) is 0. The fourth-order valence-electron chi connectivity index (χ4n) is 3.14. The van der Waals surface area contributed by atoms with E-state index in [1.165, 1.54) is 18.4 Å². The van der Waals surface area contributed by atoms with E-state index in [0.717, 1.165) is 0 Å². The molecule has 0 aromatic heterocycles. The van der Waals surface area contributed by atoms with Gasteiger partial charge in [0.1, 0.15) is 0 Å². The van der Waals surface area contributed by atoms with Crippen LogP contribution >= 0.6 is 0 Å². The number of hydrogen-bond acceptors (Lipinski definition) is 0. The minimum absolute atomic E-state index is 0.259. The summed E-state index contributed by atoms with van der Waals surface area (Å²) >= 11 is 0. The zero-order valence-electron chi connectivity index (χ0n) is 13.1. The van der Waals surface area contributed by atoms with Gasteiger partial charge in [0.15, 0.2) is 0 Å². The summed E-state index contributed by atoms with van der Waals surface area (Å²) in [6.07, 6.45) is 2.56. The molecule has 0 fully saturated rings. The molecule has 0 heteroatoms. The standard InChI is InChI=1S/C18H28/c1-12(2)13-10-15(17(3,4)5)14-8-9-18(6,7)16(14)11-13/h10-12H,8-9H2,1-7H3. The van der Waals surface area contributed by atoms with Crippen LogP contribution in [0.5, 0.6) is 0 Å². The van der Waals surface area contributed by atoms with Crippen molar-refractivity contribution in [1.82, 2.24) is 0 Å². The second-order valence-electron chi connectivity index (χ2n) is 7.88. The Morgan fingerprint density at radius 1 is 1.11 bits per heavy atom. The van der Waals surface area contributed by atoms with Gasteiger partial charge >= 0.3 is 0 Å². The zero-order valence-corrected chi connectivity index (χ0v) is 13.1. The summed E-state index contributed by atoms with van der Waals surface area (Å²) in [5.41, 5.74) is 6.95. The lowest BCUT2D eigenvalue weighted by molar-refractivity contribution is 0.521. The second-order valence-corrected chi connectivity index (χ2v) is 7.88. The van der Waals surface area contributed by atoms with Crippen LogP contribution in [-0.4, -0.2) is 0 Å². The van der Waals surface area contributed by atoms with Crippen LogP contribution in [0.25, 0.3) is 0 Å². The third kappa shape index (κ3) is 2.22. The molecule has 0 amide bonds. The average Bonchev–Trinajstić information content (AvgIpc) is 2.52. The molecule has 0 N–H and O–H groups in total. The lowest BCUT2D eigenvalue weighted by Crippen LogP contribution is -2.17. The maximum Gasteiger partial charge on any atom is -0.00975 e. The summed E-state index contributed by atoms with van der Waals surface area (Å²) in [6, 6.07) is 4.94. The van der Waals surface area contributed by atoms with E-state index < -0.39 is 0 Å². The number of fused-ring (bicyclic) bond motifs is 1. The fraction of sp³-hybridized carbons (Fsp3) is 0.667. The average molecular weight is 244 g/mol. The van der Waals surface area contributed by atoms with Crippen LogP contribution in [0.3, 0.4) is 0 Å². The van der Waals surface area contributed by atoms with E-state index >= 15 is 0 Å². The van der Waals surface area contributed by atoms with Crippen molar-refractivity contribution in [2.24, 2.45) is 0 Å². The van der Waals surface area contributed by atoms with Crippen molar-refractivity contribution in [1.29, 1.82) is 0 Å². The molecule has 0 atom stereocenters. The highest BCUT2D eigenvalue weighted by Crippen LogP contribution is 2.44. The number of hydrogen-bond donors (Lipinski definition) is 0. The molecule has 1 aliphatic carbocycles. The van der Waals surface area contributed by atoms with E-state index in [1.807, 2.05) is 0 Å². The van der Waals surface area contributed by atoms with Crippen molar-refractivity contribution in [3.05, 3.63) is 34.4 Å². The van der Waals surface area contributed by atoms with Crippen molar-refractivity contribution < 1.29 is 0 Å². The van der Waals surface area contributed by atoms with Gasteiger partial charge in [0.05, 0.1) is 0 Å². The van der Waals surface area contributed by atoms with Crippen molar-refractivity contribution in [2.75, 3.05) is 0 Å². The normalized spacial score (nSPS) is 18.2. The van der Waals surface area contributed by atoms with Gasteiger partial charge < -0.3 is 0 Å². The second kappa shape index (κ2) is 4.11. The van der Waals surface area contributed by atoms with E-state index in [1.54, 1.807) is 16.7 Å². The Kier molecular flexibility index (Phi) is 3.12. The maximum absolute atomic E-state index is 2.47. The molecule has 0 unspecified atom stereocenters. The minimum atomic E-state index is 0.259. The molecular weight excluding hydrogens is 216 g/mol. The first kappa shape index (κ1) is 13.6. The Bertz CT molecular complexity index is 456. The molecule has 0 bridgehead atoms. The molecule has 0 nitrogen and oxygen atoms in total. The first-order chi connectivity index (χ1) is 8.13. The molecule has 1 aromatic rings. The largest absolute Gasteiger partial charge is 0.0587 e. The summed E-state index contributed by atoms with van der Waals surface area (Å²) in [7, 11) is 0. The van der Waals surface area contributed by atoms with E-state index in [-0.39, 0.29) is 5.41 Å². The van der Waals surface area contributed by atoms with Gasteiger partial charge in [-0.05, 0) is 51.8 Å². The van der Waals surface area contributed by atoms with E-state index in [2.05, 4.69) is 60.6 Å². The Morgan fingerprint density at radius 2 is 1.72 bits per heavy atom. The van der Waals surface area contributed by atoms with Crippen molar-refractivity contribution >= 4 is 0 Å². The van der Waals surface area contributed by atoms with Crippen LogP contribution in [0.4, 0.5) is 0 Å². The molecule has 100 valence electrons. The number of rotatable bonds is 1. The summed E-state index contributed by atoms with van der Waals surface area (Å²) in [6.45, 7) is 16.4. The zero-order chi connectivity index (χ0) is 13.7. The maximum atomic E-state index is 2.47. The predicted octanol–water partition coefficient (Wildman–Crippen LogP) is 5.33. The van der Waals surface area contributed by atoms with Crippen LogP contribution < -0.4 is 0 Å². The van der Waals surface area contributed by atoms with Gasteiger partial charge in [0.2, 0.25) is 0 Å². The summed E-state index contributed by atoms with van der Waals surface area (Å²) in [5, 5.41) is 0. The Hall–Kier alpha value is -0.780. The van der Waals surface area contributed by atoms with Gasteiger partial charge in [-0.25, -0.2) is 0 Å². The SMILES string of the molecule is CC(C)c1cc(C(C)(C)C)c2c(c1)C(C)(C)CC2. The molecule has 0 aliphatic heterocycles. The van der Waals surface area contributed by atoms with Gasteiger partial charge in [0.25, 0.3) is 0 Å². The molecule has 1 aromatic carbocycles. The third-order valence-corrected chi connectivity index (χ3v) is 4.48. The lowest BCUT2D eigenvalue weighted by atomic mass is 9.78. The van der Waals surface area contributed by atoms with Gasteiger partial charge in [0, 0.05) is 0 Å². The Labute approximate surface area is 113 Å². The highest BCUT2D eigenvalue weighted by molar-refractivity contribution is 5.49. The van der Waals surface area contributed by atoms with Crippen LogP contribution in [-0.2, 0) is 17.3 Å². The topological polar surface area (TPSA) is 0 Å². The van der Waals surface area contributed by atoms with Crippen LogP contribution in [0.15, 0.2) is 12.1 Å². The molecule has 1 aliphatic rings. The van der Waals surface area contributed by atoms with Gasteiger partial charge in [-0.15, -0.1) is 0 Å². The quantitative estimate of drug-likeness (QED) is 0.626. The van der Waals surface area contributed by atoms with Gasteiger partial charge in [-0.1, -0.05) is 60.6 Å². The summed E-state index contributed by atoms with van der Waals surface area (Å²) in [5.74, 6) is 0.618. The van der Waals surface area contributed by atoms with Crippen molar-refractivity contribution in [3.63, 3.8) is 0 Å². The molecule has 0 radical (unpaired) electrons. The highest BCUT2D eigenvalue weighted by atomic mass is 14.4. The van der Waals surface area contributed by atoms with Crippen molar-refractivity contribution in [2.45, 2.75) is 78.1 Å². The molecule has 0 spiro atoms. The van der Waals surface area contributed by atoms with E-state index in [9.17, 15) is 0 Å². The first-order valence-corrected chi connectivity index (χ1v) is 7.31. The Balaban J connectivity index is 2.69. The molecular formula is C18H28. The van der Waals surface area contributed by atoms with Crippen molar-refractivity contribution in [3.8, 4) is 0 Å². The van der Waals surface area contributed by atoms with Crippen LogP contribution in [0, 0.1) is 0 Å². The van der Waals surface area contributed by atoms with E-state index in [4.69, 9.17) is 0 Å². The third-order valence-electron chi connectivity index (χ3n) is 4.48. The Morgan fingerprint density at radius 3 is 2.22 bits per heavy atom. The van der Waals surface area contributed by atoms with Crippen LogP contribution in [0.2, 0.25) is 0 Å².